The molecular weight excluding hydrogens is 323 g/mol. The van der Waals surface area contributed by atoms with Gasteiger partial charge in [-0.3, -0.25) is 4.57 Å². The van der Waals surface area contributed by atoms with Crippen LogP contribution in [-0.4, -0.2) is 4.62 Å². The fourth-order valence-corrected chi connectivity index (χ4v) is 11.1. The first-order valence-electron chi connectivity index (χ1n) is 10.1. The van der Waals surface area contributed by atoms with Crippen LogP contribution in [0.1, 0.15) is 70.6 Å². The average Bonchev–Trinajstić information content (AvgIpc) is 2.50. The van der Waals surface area contributed by atoms with Gasteiger partial charge in [-0.2, -0.15) is 0 Å². The van der Waals surface area contributed by atoms with Gasteiger partial charge in [-0.25, -0.2) is 0 Å². The maximum atomic E-state index is 12.5. The Balaban J connectivity index is 1.52. The van der Waals surface area contributed by atoms with Gasteiger partial charge in [0.2, 0.25) is 0 Å². The zero-order chi connectivity index (χ0) is 15.4. The van der Waals surface area contributed by atoms with Crippen LogP contribution in [0.4, 0.5) is 0 Å². The Morgan fingerprint density at radius 2 is 1.13 bits per heavy atom. The van der Waals surface area contributed by atoms with Gasteiger partial charge in [0.15, 0.2) is 8.46 Å². The Hall–Kier alpha value is 0.390. The molecule has 1 nitrogen and oxygen atoms in total. The van der Waals surface area contributed by atoms with Gasteiger partial charge in [-0.15, -0.1) is 11.6 Å². The van der Waals surface area contributed by atoms with Crippen LogP contribution in [0, 0.1) is 46.3 Å². The van der Waals surface area contributed by atoms with Crippen molar-refractivity contribution in [2.45, 2.75) is 75.2 Å². The Labute approximate surface area is 146 Å². The molecule has 0 N–H and O–H groups in total. The summed E-state index contributed by atoms with van der Waals surface area (Å²) in [5.41, 5.74) is 0.659. The third kappa shape index (κ3) is 1.60. The number of halogens is 1. The maximum absolute atomic E-state index is 12.5. The maximum Gasteiger partial charge on any atom is 0.179 e. The van der Waals surface area contributed by atoms with Gasteiger partial charge >= 0.3 is 0 Å². The van der Waals surface area contributed by atoms with Crippen LogP contribution in [0.3, 0.4) is 0 Å². The van der Waals surface area contributed by atoms with Crippen molar-refractivity contribution < 1.29 is 4.57 Å². The summed E-state index contributed by atoms with van der Waals surface area (Å²) >= 11 is 7.38. The van der Waals surface area contributed by atoms with Crippen LogP contribution in [0.5, 0.6) is 0 Å². The van der Waals surface area contributed by atoms with Crippen LogP contribution in [0.15, 0.2) is 0 Å². The molecule has 8 fully saturated rings. The molecule has 8 saturated carbocycles. The normalized spacial score (nSPS) is 65.6. The molecule has 8 aliphatic carbocycles. The Morgan fingerprint density at radius 3 is 1.57 bits per heavy atom. The first kappa shape index (κ1) is 14.5. The van der Waals surface area contributed by atoms with Crippen molar-refractivity contribution >= 4 is 20.1 Å². The first-order chi connectivity index (χ1) is 11.1. The number of hydrogen-bond donors (Lipinski definition) is 0. The van der Waals surface area contributed by atoms with Crippen molar-refractivity contribution in [2.75, 3.05) is 0 Å². The lowest BCUT2D eigenvalue weighted by Gasteiger charge is -2.73. The Bertz CT molecular complexity index is 525. The molecule has 0 aromatic heterocycles. The van der Waals surface area contributed by atoms with E-state index in [2.05, 4.69) is 0 Å². The van der Waals surface area contributed by atoms with Crippen LogP contribution >= 0.6 is 20.1 Å². The minimum absolute atomic E-state index is 0.204. The van der Waals surface area contributed by atoms with Crippen molar-refractivity contribution in [1.29, 1.82) is 0 Å². The number of rotatable bonds is 2. The highest BCUT2D eigenvalue weighted by atomic mass is 35.5. The van der Waals surface area contributed by atoms with Gasteiger partial charge in [0.1, 0.15) is 4.62 Å². The summed E-state index contributed by atoms with van der Waals surface area (Å²) < 4.78 is 12.1. The highest BCUT2D eigenvalue weighted by molar-refractivity contribution is 7.29. The van der Waals surface area contributed by atoms with Crippen molar-refractivity contribution in [3.63, 3.8) is 0 Å². The van der Waals surface area contributed by atoms with Gasteiger partial charge in [-0.05, 0) is 112 Å². The summed E-state index contributed by atoms with van der Waals surface area (Å²) in [6, 6.07) is 0. The van der Waals surface area contributed by atoms with Crippen LogP contribution in [-0.2, 0) is 4.57 Å². The second-order valence-corrected chi connectivity index (χ2v) is 12.3. The van der Waals surface area contributed by atoms with Gasteiger partial charge in [0.05, 0.1) is 0 Å². The summed E-state index contributed by atoms with van der Waals surface area (Å²) in [6.45, 7) is 0. The molecule has 0 aromatic rings. The summed E-state index contributed by atoms with van der Waals surface area (Å²) in [5, 5.41) is 0. The van der Waals surface area contributed by atoms with Crippen LogP contribution in [0.2, 0.25) is 0 Å². The summed E-state index contributed by atoms with van der Waals surface area (Å²) in [6.07, 6.45) is 15.4. The molecule has 0 saturated heterocycles. The second-order valence-electron chi connectivity index (χ2n) is 10.6. The molecule has 5 atom stereocenters. The van der Waals surface area contributed by atoms with E-state index < -0.39 is 4.62 Å². The third-order valence-corrected chi connectivity index (χ3v) is 11.5. The van der Waals surface area contributed by atoms with Crippen molar-refractivity contribution in [3.8, 4) is 0 Å². The van der Waals surface area contributed by atoms with E-state index in [1.807, 2.05) is 0 Å². The molecule has 0 heterocycles. The highest BCUT2D eigenvalue weighted by Gasteiger charge is 2.74. The molecule has 23 heavy (non-hydrogen) atoms. The zero-order valence-electron chi connectivity index (χ0n) is 14.0. The highest BCUT2D eigenvalue weighted by Crippen LogP contribution is 2.80. The summed E-state index contributed by atoms with van der Waals surface area (Å²) in [4.78, 5) is 0. The largest absolute Gasteiger partial charge is 0.273 e. The predicted octanol–water partition coefficient (Wildman–Crippen LogP) is 6.26. The van der Waals surface area contributed by atoms with Crippen molar-refractivity contribution in [1.82, 2.24) is 0 Å². The molecule has 3 heteroatoms. The van der Waals surface area contributed by atoms with E-state index in [1.54, 1.807) is 0 Å². The van der Waals surface area contributed by atoms with E-state index in [0.29, 0.717) is 11.3 Å². The topological polar surface area (TPSA) is 17.1 Å². The minimum Gasteiger partial charge on any atom is -0.273 e. The molecule has 8 bridgehead atoms. The standard InChI is InChI=1S/C20H28ClOP/c21-20(23-22)17-5-15-4-16(6-17)11-19(20,10-15)18-7-12-1-13(8-18)3-14(2-12)9-18/h12-17H,1-11H2/t12?,13?,14?,15-,16+,17?,18?,19?,20-/m1/s1. The van der Waals surface area contributed by atoms with Crippen LogP contribution in [0.25, 0.3) is 0 Å². The van der Waals surface area contributed by atoms with Crippen LogP contribution < -0.4 is 0 Å². The van der Waals surface area contributed by atoms with Crippen molar-refractivity contribution in [3.05, 3.63) is 0 Å². The lowest BCUT2D eigenvalue weighted by Crippen LogP contribution is -2.68. The third-order valence-electron chi connectivity index (χ3n) is 9.58. The Kier molecular flexibility index (Phi) is 2.77. The van der Waals surface area contributed by atoms with Gasteiger partial charge < -0.3 is 0 Å². The second kappa shape index (κ2) is 4.37. The van der Waals surface area contributed by atoms with E-state index >= 15 is 0 Å². The van der Waals surface area contributed by atoms with E-state index in [4.69, 9.17) is 11.6 Å². The van der Waals surface area contributed by atoms with E-state index in [0.717, 1.165) is 29.6 Å². The minimum atomic E-state index is -0.425. The van der Waals surface area contributed by atoms with Gasteiger partial charge in [-0.1, -0.05) is 0 Å². The Morgan fingerprint density at radius 1 is 0.696 bits per heavy atom. The predicted molar refractivity (Wildman–Crippen MR) is 92.8 cm³/mol. The molecule has 8 rings (SSSR count). The average molecular weight is 351 g/mol. The van der Waals surface area contributed by atoms with E-state index in [1.165, 1.54) is 70.6 Å². The fourth-order valence-electron chi connectivity index (χ4n) is 9.62. The molecule has 0 spiro atoms. The first-order valence-corrected chi connectivity index (χ1v) is 11.3. The SMILES string of the molecule is O=P[C@]1(Cl)C2C[C@@H]3C[C@H](C2)CC1(C12CC4CC(CC(C4)C1)C2)C3. The van der Waals surface area contributed by atoms with Gasteiger partial charge in [0, 0.05) is 5.41 Å². The van der Waals surface area contributed by atoms with Crippen molar-refractivity contribution in [2.24, 2.45) is 46.3 Å². The summed E-state index contributed by atoms with van der Waals surface area (Å²) in [5.74, 6) is 5.24. The molecular formula is C20H28ClOP. The lowest BCUT2D eigenvalue weighted by atomic mass is 9.34. The van der Waals surface area contributed by atoms with E-state index in [-0.39, 0.29) is 13.9 Å². The molecule has 2 unspecified atom stereocenters. The molecule has 0 radical (unpaired) electrons. The molecule has 8 aliphatic rings. The quantitative estimate of drug-likeness (QED) is 0.424. The molecule has 0 aliphatic heterocycles. The van der Waals surface area contributed by atoms with Gasteiger partial charge in [0.25, 0.3) is 0 Å². The molecule has 0 amide bonds. The molecule has 0 aromatic carbocycles. The fraction of sp³-hybridized carbons (Fsp3) is 1.00. The smallest absolute Gasteiger partial charge is 0.179 e. The summed E-state index contributed by atoms with van der Waals surface area (Å²) in [7, 11) is 0.266. The lowest BCUT2D eigenvalue weighted by molar-refractivity contribution is -0.203. The molecule has 126 valence electrons. The monoisotopic (exact) mass is 350 g/mol. The van der Waals surface area contributed by atoms with E-state index in [9.17, 15) is 4.57 Å². The number of alkyl halides is 1. The zero-order valence-corrected chi connectivity index (χ0v) is 15.6. The number of hydrogen-bond acceptors (Lipinski definition) is 1.